The molecule has 1 saturated carbocycles. The largest absolute Gasteiger partial charge is 0.307 e. The lowest BCUT2D eigenvalue weighted by atomic mass is 9.87. The molecular formula is C9H17NO. The van der Waals surface area contributed by atoms with Crippen molar-refractivity contribution in [1.82, 2.24) is 5.32 Å². The summed E-state index contributed by atoms with van der Waals surface area (Å²) in [6.45, 7) is 2.83. The lowest BCUT2D eigenvalue weighted by Crippen LogP contribution is -2.33. The monoisotopic (exact) mass is 155 g/mol. The van der Waals surface area contributed by atoms with E-state index in [0.29, 0.717) is 12.6 Å². The summed E-state index contributed by atoms with van der Waals surface area (Å²) in [4.78, 5) is 10.0. The second kappa shape index (κ2) is 4.50. The highest BCUT2D eigenvalue weighted by Gasteiger charge is 2.16. The molecule has 0 aromatic heterocycles. The molecule has 1 N–H and O–H groups in total. The number of nitrogens with one attached hydrogen (secondary N) is 1. The molecular weight excluding hydrogens is 138 g/mol. The molecule has 1 rings (SSSR count). The van der Waals surface area contributed by atoms with E-state index in [1.54, 1.807) is 0 Å². The Kier molecular flexibility index (Phi) is 3.57. The van der Waals surface area contributed by atoms with Gasteiger partial charge in [-0.3, -0.25) is 0 Å². The fourth-order valence-electron chi connectivity index (χ4n) is 1.68. The number of hydrogen-bond donors (Lipinski definition) is 1. The van der Waals surface area contributed by atoms with Gasteiger partial charge in [0.1, 0.15) is 6.29 Å². The van der Waals surface area contributed by atoms with E-state index in [4.69, 9.17) is 0 Å². The van der Waals surface area contributed by atoms with E-state index in [2.05, 4.69) is 12.2 Å². The molecule has 0 radical (unpaired) electrons. The lowest BCUT2D eigenvalue weighted by Gasteiger charge is -2.26. The molecule has 0 bridgehead atoms. The van der Waals surface area contributed by atoms with Crippen molar-refractivity contribution >= 4 is 6.29 Å². The van der Waals surface area contributed by atoms with Crippen LogP contribution in [0.3, 0.4) is 0 Å². The van der Waals surface area contributed by atoms with Crippen molar-refractivity contribution in [2.45, 2.75) is 38.6 Å². The first-order valence-corrected chi connectivity index (χ1v) is 4.50. The van der Waals surface area contributed by atoms with Gasteiger partial charge in [0.15, 0.2) is 0 Å². The van der Waals surface area contributed by atoms with Gasteiger partial charge in [-0.2, -0.15) is 0 Å². The van der Waals surface area contributed by atoms with Crippen LogP contribution in [0.5, 0.6) is 0 Å². The summed E-state index contributed by atoms with van der Waals surface area (Å²) < 4.78 is 0. The highest BCUT2D eigenvalue weighted by Crippen LogP contribution is 2.22. The van der Waals surface area contributed by atoms with Crippen LogP contribution < -0.4 is 5.32 Å². The molecule has 1 fully saturated rings. The van der Waals surface area contributed by atoms with Crippen molar-refractivity contribution in [1.29, 1.82) is 0 Å². The molecule has 0 aliphatic heterocycles. The summed E-state index contributed by atoms with van der Waals surface area (Å²) >= 11 is 0. The summed E-state index contributed by atoms with van der Waals surface area (Å²) in [6, 6.07) is 0.608. The van der Waals surface area contributed by atoms with Crippen LogP contribution in [-0.2, 0) is 4.79 Å². The Labute approximate surface area is 68.4 Å². The maximum Gasteiger partial charge on any atom is 0.133 e. The topological polar surface area (TPSA) is 29.1 Å². The van der Waals surface area contributed by atoms with E-state index in [9.17, 15) is 4.79 Å². The number of aldehydes is 1. The lowest BCUT2D eigenvalue weighted by molar-refractivity contribution is -0.107. The summed E-state index contributed by atoms with van der Waals surface area (Å²) in [5.41, 5.74) is 0. The first kappa shape index (κ1) is 8.72. The smallest absolute Gasteiger partial charge is 0.133 e. The zero-order valence-corrected chi connectivity index (χ0v) is 7.18. The molecule has 0 amide bonds. The SMILES string of the molecule is CC1CCC(NCC=O)CC1. The Morgan fingerprint density at radius 3 is 2.55 bits per heavy atom. The van der Waals surface area contributed by atoms with Gasteiger partial charge in [0.2, 0.25) is 0 Å². The predicted molar refractivity (Wildman–Crippen MR) is 45.5 cm³/mol. The first-order chi connectivity index (χ1) is 5.33. The molecule has 64 valence electrons. The minimum absolute atomic E-state index is 0.527. The van der Waals surface area contributed by atoms with Gasteiger partial charge in [-0.1, -0.05) is 6.92 Å². The number of carbonyl (C=O) groups excluding carboxylic acids is 1. The maximum atomic E-state index is 10.0. The fraction of sp³-hybridized carbons (Fsp3) is 0.889. The van der Waals surface area contributed by atoms with Crippen molar-refractivity contribution in [3.63, 3.8) is 0 Å². The van der Waals surface area contributed by atoms with Gasteiger partial charge in [-0.25, -0.2) is 0 Å². The van der Waals surface area contributed by atoms with Crippen molar-refractivity contribution < 1.29 is 4.79 Å². The molecule has 1 aliphatic carbocycles. The van der Waals surface area contributed by atoms with Gasteiger partial charge < -0.3 is 10.1 Å². The van der Waals surface area contributed by atoms with Gasteiger partial charge in [-0.05, 0) is 31.6 Å². The number of carbonyl (C=O) groups is 1. The van der Waals surface area contributed by atoms with E-state index in [0.717, 1.165) is 12.2 Å². The molecule has 11 heavy (non-hydrogen) atoms. The Morgan fingerprint density at radius 1 is 1.36 bits per heavy atom. The van der Waals surface area contributed by atoms with Crippen LogP contribution in [0, 0.1) is 5.92 Å². The van der Waals surface area contributed by atoms with E-state index in [1.165, 1.54) is 25.7 Å². The molecule has 0 unspecified atom stereocenters. The van der Waals surface area contributed by atoms with Crippen molar-refractivity contribution in [2.24, 2.45) is 5.92 Å². The Morgan fingerprint density at radius 2 is 2.00 bits per heavy atom. The fourth-order valence-corrected chi connectivity index (χ4v) is 1.68. The van der Waals surface area contributed by atoms with Crippen LogP contribution in [0.25, 0.3) is 0 Å². The third kappa shape index (κ3) is 3.02. The zero-order chi connectivity index (χ0) is 8.10. The van der Waals surface area contributed by atoms with Crippen LogP contribution in [-0.4, -0.2) is 18.9 Å². The third-order valence-electron chi connectivity index (χ3n) is 2.51. The van der Waals surface area contributed by atoms with Crippen LogP contribution in [0.4, 0.5) is 0 Å². The van der Waals surface area contributed by atoms with Gasteiger partial charge in [0, 0.05) is 6.04 Å². The molecule has 0 spiro atoms. The highest BCUT2D eigenvalue weighted by molar-refractivity contribution is 5.51. The predicted octanol–water partition coefficient (Wildman–Crippen LogP) is 1.35. The highest BCUT2D eigenvalue weighted by atomic mass is 16.1. The number of hydrogen-bond acceptors (Lipinski definition) is 2. The van der Waals surface area contributed by atoms with Crippen LogP contribution in [0.1, 0.15) is 32.6 Å². The van der Waals surface area contributed by atoms with Gasteiger partial charge >= 0.3 is 0 Å². The Balaban J connectivity index is 2.12. The van der Waals surface area contributed by atoms with E-state index in [1.807, 2.05) is 0 Å². The summed E-state index contributed by atoms with van der Waals surface area (Å²) in [7, 11) is 0. The van der Waals surface area contributed by atoms with Gasteiger partial charge in [-0.15, -0.1) is 0 Å². The molecule has 0 atom stereocenters. The van der Waals surface area contributed by atoms with Crippen LogP contribution in [0.15, 0.2) is 0 Å². The Hall–Kier alpha value is -0.370. The number of rotatable bonds is 3. The molecule has 0 saturated heterocycles. The first-order valence-electron chi connectivity index (χ1n) is 4.50. The molecule has 0 aromatic rings. The zero-order valence-electron chi connectivity index (χ0n) is 7.18. The minimum atomic E-state index is 0.527. The minimum Gasteiger partial charge on any atom is -0.307 e. The molecule has 1 aliphatic rings. The van der Waals surface area contributed by atoms with Crippen molar-refractivity contribution in [3.05, 3.63) is 0 Å². The van der Waals surface area contributed by atoms with Crippen LogP contribution in [0.2, 0.25) is 0 Å². The quantitative estimate of drug-likeness (QED) is 0.623. The average molecular weight is 155 g/mol. The second-order valence-corrected chi connectivity index (χ2v) is 3.53. The van der Waals surface area contributed by atoms with E-state index < -0.39 is 0 Å². The summed E-state index contributed by atoms with van der Waals surface area (Å²) in [5.74, 6) is 0.893. The second-order valence-electron chi connectivity index (χ2n) is 3.53. The standard InChI is InChI=1S/C9H17NO/c1-8-2-4-9(5-3-8)10-6-7-11/h7-10H,2-6H2,1H3. The van der Waals surface area contributed by atoms with Crippen molar-refractivity contribution in [2.75, 3.05) is 6.54 Å². The summed E-state index contributed by atoms with van der Waals surface area (Å²) in [5, 5.41) is 3.22. The van der Waals surface area contributed by atoms with E-state index in [-0.39, 0.29) is 0 Å². The van der Waals surface area contributed by atoms with Crippen molar-refractivity contribution in [3.8, 4) is 0 Å². The van der Waals surface area contributed by atoms with Gasteiger partial charge in [0.05, 0.1) is 6.54 Å². The summed E-state index contributed by atoms with van der Waals surface area (Å²) in [6.07, 6.45) is 6.06. The molecule has 2 heteroatoms. The van der Waals surface area contributed by atoms with Gasteiger partial charge in [0.25, 0.3) is 0 Å². The average Bonchev–Trinajstić information content (AvgIpc) is 2.04. The molecule has 0 heterocycles. The van der Waals surface area contributed by atoms with Crippen LogP contribution >= 0.6 is 0 Å². The molecule has 2 nitrogen and oxygen atoms in total. The molecule has 0 aromatic carbocycles. The normalized spacial score (nSPS) is 31.7. The Bertz CT molecular complexity index is 117. The third-order valence-corrected chi connectivity index (χ3v) is 2.51. The maximum absolute atomic E-state index is 10.0. The van der Waals surface area contributed by atoms with E-state index >= 15 is 0 Å².